The SMILES string of the molecule is Cc1cc2c(c3ccccc13)Oc1ccc3c4c(c5ccccc5c-2c14)-c1cc(C)c2ccccc2c1O3.c1ccc(-c2cc3c(c4ccccc24)Oc2ccc4c5c(c6ccccc6c-3c25)-c2cc(-c3ccccc3)c3ccccc3c2O4)cc1.c1ccc2c(c1)ccc1oc3ccc4oc5ccc6cccc7c8cccc9c8c(c5c67)c4c3c9c12. The van der Waals surface area contributed by atoms with E-state index >= 15 is 0 Å². The molecule has 0 atom stereocenters. The summed E-state index contributed by atoms with van der Waals surface area (Å²) in [6, 6.07) is 126. The summed E-state index contributed by atoms with van der Waals surface area (Å²) in [5.41, 5.74) is 20.3. The molecule has 0 N–H and O–H groups in total. The van der Waals surface area contributed by atoms with Crippen molar-refractivity contribution in [3.8, 4) is 113 Å². The third-order valence-corrected chi connectivity index (χ3v) is 27.0. The summed E-state index contributed by atoms with van der Waals surface area (Å²) in [5, 5.41) is 36.0. The molecule has 0 saturated heterocycles. The Hall–Kier alpha value is -16.0. The van der Waals surface area contributed by atoms with Crippen molar-refractivity contribution in [1.82, 2.24) is 0 Å². The summed E-state index contributed by atoms with van der Waals surface area (Å²) < 4.78 is 40.7. The molecule has 6 heterocycles. The second-order valence-corrected chi connectivity index (χ2v) is 33.3. The first kappa shape index (κ1) is 66.0. The van der Waals surface area contributed by atoms with Crippen molar-refractivity contribution in [2.45, 2.75) is 13.8 Å². The van der Waals surface area contributed by atoms with Gasteiger partial charge in [-0.25, -0.2) is 0 Å². The Labute approximate surface area is 696 Å². The molecule has 26 aromatic rings. The van der Waals surface area contributed by atoms with Crippen LogP contribution in [0.1, 0.15) is 11.1 Å². The van der Waals surface area contributed by atoms with E-state index in [1.807, 2.05) is 0 Å². The second-order valence-electron chi connectivity index (χ2n) is 33.3. The highest BCUT2D eigenvalue weighted by molar-refractivity contribution is 6.49. The maximum Gasteiger partial charge on any atom is 0.143 e. The molecule has 564 valence electrons. The van der Waals surface area contributed by atoms with E-state index in [0.29, 0.717) is 0 Å². The van der Waals surface area contributed by atoms with Crippen molar-refractivity contribution in [3.63, 3.8) is 0 Å². The van der Waals surface area contributed by atoms with Crippen molar-refractivity contribution in [2.75, 3.05) is 0 Å². The summed E-state index contributed by atoms with van der Waals surface area (Å²) in [7, 11) is 0. The Kier molecular flexibility index (Phi) is 13.2. The van der Waals surface area contributed by atoms with E-state index < -0.39 is 0 Å². The molecular formula is C116H64O6. The molecule has 6 heteroatoms. The molecule has 0 bridgehead atoms. The normalized spacial score (nSPS) is 12.8. The van der Waals surface area contributed by atoms with Gasteiger partial charge in [0, 0.05) is 125 Å². The highest BCUT2D eigenvalue weighted by atomic mass is 16.5. The summed E-state index contributed by atoms with van der Waals surface area (Å²) in [4.78, 5) is 0. The van der Waals surface area contributed by atoms with Gasteiger partial charge in [0.1, 0.15) is 68.3 Å². The van der Waals surface area contributed by atoms with Gasteiger partial charge in [0.2, 0.25) is 0 Å². The number of rotatable bonds is 2. The summed E-state index contributed by atoms with van der Waals surface area (Å²) in [5.74, 6) is 7.17. The fraction of sp³-hybridized carbons (Fsp3) is 0.0172. The lowest BCUT2D eigenvalue weighted by atomic mass is 9.80. The lowest BCUT2D eigenvalue weighted by Gasteiger charge is -2.31. The first-order chi connectivity index (χ1) is 60.4. The summed E-state index contributed by atoms with van der Waals surface area (Å²) in [6.45, 7) is 4.39. The first-order valence-electron chi connectivity index (χ1n) is 41.9. The van der Waals surface area contributed by atoms with E-state index in [-0.39, 0.29) is 0 Å². The first-order valence-corrected chi connectivity index (χ1v) is 41.9. The van der Waals surface area contributed by atoms with E-state index in [9.17, 15) is 0 Å². The van der Waals surface area contributed by atoms with E-state index in [1.165, 1.54) is 163 Å². The molecule has 0 spiro atoms. The molecule has 0 saturated carbocycles. The molecule has 2 aromatic heterocycles. The van der Waals surface area contributed by atoms with Crippen molar-refractivity contribution < 1.29 is 27.8 Å². The molecule has 122 heavy (non-hydrogen) atoms. The van der Waals surface area contributed by atoms with Gasteiger partial charge < -0.3 is 27.8 Å². The van der Waals surface area contributed by atoms with Crippen LogP contribution in [0.15, 0.2) is 361 Å². The van der Waals surface area contributed by atoms with Crippen molar-refractivity contribution >= 4 is 184 Å². The second kappa shape index (κ2) is 24.3. The molecule has 24 aromatic carbocycles. The van der Waals surface area contributed by atoms with Gasteiger partial charge in [-0.1, -0.05) is 279 Å². The van der Waals surface area contributed by atoms with Crippen LogP contribution in [-0.2, 0) is 0 Å². The number of hydrogen-bond donors (Lipinski definition) is 0. The zero-order chi connectivity index (χ0) is 79.6. The zero-order valence-electron chi connectivity index (χ0n) is 65.9. The van der Waals surface area contributed by atoms with E-state index in [0.717, 1.165) is 144 Å². The third-order valence-electron chi connectivity index (χ3n) is 27.0. The number of benzene rings is 24. The monoisotopic (exact) mass is 1550 g/mol. The van der Waals surface area contributed by atoms with Gasteiger partial charge in [0.05, 0.1) is 0 Å². The predicted molar refractivity (Wildman–Crippen MR) is 506 cm³/mol. The van der Waals surface area contributed by atoms with Gasteiger partial charge in [-0.15, -0.1) is 0 Å². The van der Waals surface area contributed by atoms with Crippen LogP contribution in [0.25, 0.3) is 251 Å². The van der Waals surface area contributed by atoms with Crippen molar-refractivity contribution in [2.24, 2.45) is 0 Å². The highest BCUT2D eigenvalue weighted by Gasteiger charge is 2.37. The molecule has 4 aliphatic heterocycles. The standard InChI is InChI=1S/C46H26O2.C36H22O2.C34H16O2/c1-3-13-27(14-4-1)35-25-37-41-31-19-9-10-20-32(31)42-38-26-36(28-15-5-2-6-16-28)30-18-8-12-22-34(30)46(38)48-40-24-23-39(43(41)44(40)42)47-45(37)33-21-11-7-17-29(33)35;1-19-17-27-31-23-11-5-6-12-24(23)32-28-18-20(2)22-10-4-8-14-26(22)36(28)38-30-16-15-29(33(31)34(30)32)37-35(27)25-13-7-3-9-21(19)25;1-2-7-19-17(5-1)11-13-23-29(19)30-22-10-4-9-21-20-8-3-6-18-12-14-24-31(27(18)20)34(28(21)22)33-26(36-24)16-15-25(35-23)32(30)33/h1-26H;3-18H,1-2H3;1-16H. The van der Waals surface area contributed by atoms with Gasteiger partial charge >= 0.3 is 0 Å². The average molecular weight is 1550 g/mol. The van der Waals surface area contributed by atoms with Crippen LogP contribution >= 0.6 is 0 Å². The smallest absolute Gasteiger partial charge is 0.143 e. The molecule has 0 radical (unpaired) electrons. The van der Waals surface area contributed by atoms with Crippen LogP contribution in [0, 0.1) is 13.8 Å². The van der Waals surface area contributed by atoms with Gasteiger partial charge in [0.25, 0.3) is 0 Å². The van der Waals surface area contributed by atoms with Gasteiger partial charge in [-0.3, -0.25) is 0 Å². The summed E-state index contributed by atoms with van der Waals surface area (Å²) in [6.07, 6.45) is 0. The van der Waals surface area contributed by atoms with Crippen LogP contribution in [0.4, 0.5) is 0 Å². The highest BCUT2D eigenvalue weighted by Crippen LogP contribution is 2.65. The molecule has 30 rings (SSSR count). The lowest BCUT2D eigenvalue weighted by molar-refractivity contribution is 0.481. The van der Waals surface area contributed by atoms with Crippen LogP contribution in [0.3, 0.4) is 0 Å². The minimum Gasteiger partial charge on any atom is -0.456 e. The lowest BCUT2D eigenvalue weighted by Crippen LogP contribution is -2.05. The van der Waals surface area contributed by atoms with Gasteiger partial charge in [0.15, 0.2) is 0 Å². The van der Waals surface area contributed by atoms with Crippen LogP contribution < -0.4 is 18.9 Å². The van der Waals surface area contributed by atoms with Gasteiger partial charge in [-0.05, 0) is 201 Å². The number of hydrogen-bond acceptors (Lipinski definition) is 6. The number of ether oxygens (including phenoxy) is 4. The zero-order valence-corrected chi connectivity index (χ0v) is 65.9. The Morgan fingerprint density at radius 1 is 0.164 bits per heavy atom. The molecule has 0 unspecified atom stereocenters. The third kappa shape index (κ3) is 8.80. The molecule has 0 amide bonds. The van der Waals surface area contributed by atoms with Crippen molar-refractivity contribution in [3.05, 3.63) is 363 Å². The fourth-order valence-electron chi connectivity index (χ4n) is 22.1. The summed E-state index contributed by atoms with van der Waals surface area (Å²) >= 11 is 0. The van der Waals surface area contributed by atoms with E-state index in [2.05, 4.69) is 366 Å². The van der Waals surface area contributed by atoms with Crippen LogP contribution in [-0.4, -0.2) is 0 Å². The Morgan fingerprint density at radius 2 is 0.467 bits per heavy atom. The fourth-order valence-corrected chi connectivity index (χ4v) is 22.1. The molecular weight excluding hydrogens is 1490 g/mol. The molecule has 0 aliphatic carbocycles. The van der Waals surface area contributed by atoms with Crippen LogP contribution in [0.5, 0.6) is 46.0 Å². The molecule has 6 nitrogen and oxygen atoms in total. The van der Waals surface area contributed by atoms with Crippen molar-refractivity contribution in [1.29, 1.82) is 0 Å². The minimum absolute atomic E-state index is 0.858. The van der Waals surface area contributed by atoms with Crippen LogP contribution in [0.2, 0.25) is 0 Å². The van der Waals surface area contributed by atoms with E-state index in [1.54, 1.807) is 0 Å². The van der Waals surface area contributed by atoms with Gasteiger partial charge in [-0.2, -0.15) is 0 Å². The maximum absolute atomic E-state index is 6.98. The Morgan fingerprint density at radius 3 is 0.918 bits per heavy atom. The quantitative estimate of drug-likeness (QED) is 0.127. The average Bonchev–Trinajstić information content (AvgIpc) is 0.977. The predicted octanol–water partition coefficient (Wildman–Crippen LogP) is 33.8. The number of fused-ring (bicyclic) bond motifs is 28. The Bertz CT molecular complexity index is 8850. The number of aryl methyl sites for hydroxylation is 2. The minimum atomic E-state index is 0.858. The molecule has 0 fully saturated rings. The molecule has 4 aliphatic rings. The largest absolute Gasteiger partial charge is 0.456 e. The Balaban J connectivity index is 0.0000000953. The van der Waals surface area contributed by atoms with E-state index in [4.69, 9.17) is 27.8 Å². The maximum atomic E-state index is 6.98. The topological polar surface area (TPSA) is 63.2 Å².